The number of fused-ring (bicyclic) bond motifs is 1. The number of ether oxygens (including phenoxy) is 1. The first-order valence-electron chi connectivity index (χ1n) is 8.27. The molecule has 24 heavy (non-hydrogen) atoms. The maximum absolute atomic E-state index is 13.0. The average molecular weight is 328 g/mol. The zero-order valence-electron chi connectivity index (χ0n) is 14.9. The first kappa shape index (κ1) is 16.9. The Morgan fingerprint density at radius 2 is 1.83 bits per heavy atom. The lowest BCUT2D eigenvalue weighted by Gasteiger charge is -2.29. The third kappa shape index (κ3) is 2.59. The quantitative estimate of drug-likeness (QED) is 0.742. The van der Waals surface area contributed by atoms with Crippen LogP contribution in [0.2, 0.25) is 0 Å². The molecule has 3 rings (SSSR count). The van der Waals surface area contributed by atoms with E-state index in [1.807, 2.05) is 19.9 Å². The number of aliphatic hydroxyl groups is 1. The van der Waals surface area contributed by atoms with Gasteiger partial charge in [0.2, 0.25) is 5.78 Å². The van der Waals surface area contributed by atoms with Gasteiger partial charge in [0.15, 0.2) is 11.4 Å². The van der Waals surface area contributed by atoms with E-state index in [9.17, 15) is 14.7 Å². The fourth-order valence-electron chi connectivity index (χ4n) is 3.71. The molecule has 1 spiro atoms. The van der Waals surface area contributed by atoms with Crippen LogP contribution < -0.4 is 0 Å². The van der Waals surface area contributed by atoms with Crippen molar-refractivity contribution in [1.29, 1.82) is 0 Å². The van der Waals surface area contributed by atoms with Gasteiger partial charge in [-0.1, -0.05) is 19.9 Å². The van der Waals surface area contributed by atoms with Crippen LogP contribution in [0.3, 0.4) is 0 Å². The number of rotatable bonds is 0. The summed E-state index contributed by atoms with van der Waals surface area (Å²) in [5.41, 5.74) is -0.951. The minimum Gasteiger partial charge on any atom is -0.478 e. The van der Waals surface area contributed by atoms with E-state index in [0.717, 1.165) is 0 Å². The summed E-state index contributed by atoms with van der Waals surface area (Å²) in [5.74, 6) is 0.443. The second kappa shape index (κ2) is 5.03. The number of carbonyl (C=O) groups is 2. The highest BCUT2D eigenvalue weighted by Gasteiger charge is 2.57. The molecule has 1 aliphatic carbocycles. The number of allylic oxidation sites excluding steroid dienone is 4. The summed E-state index contributed by atoms with van der Waals surface area (Å²) in [7, 11) is 0. The molecule has 4 nitrogen and oxygen atoms in total. The van der Waals surface area contributed by atoms with Crippen LogP contribution in [0.25, 0.3) is 0 Å². The molecule has 128 valence electrons. The van der Waals surface area contributed by atoms with Gasteiger partial charge in [0.25, 0.3) is 0 Å². The van der Waals surface area contributed by atoms with Gasteiger partial charge < -0.3 is 9.84 Å². The van der Waals surface area contributed by atoms with Gasteiger partial charge in [-0.2, -0.15) is 0 Å². The maximum Gasteiger partial charge on any atom is 0.210 e. The molecule has 0 unspecified atom stereocenters. The van der Waals surface area contributed by atoms with Crippen LogP contribution in [0.1, 0.15) is 47.5 Å². The summed E-state index contributed by atoms with van der Waals surface area (Å²) >= 11 is 0. The van der Waals surface area contributed by atoms with E-state index in [-0.39, 0.29) is 23.4 Å². The molecule has 0 aromatic heterocycles. The predicted octanol–water partition coefficient (Wildman–Crippen LogP) is 3.18. The minimum absolute atomic E-state index is 0.0957. The molecule has 2 aliphatic heterocycles. The normalized spacial score (nSPS) is 38.8. The minimum atomic E-state index is -1.20. The Hall–Kier alpha value is -1.94. The summed E-state index contributed by atoms with van der Waals surface area (Å²) in [6.45, 7) is 9.18. The first-order chi connectivity index (χ1) is 11.0. The molecular weight excluding hydrogens is 304 g/mol. The highest BCUT2D eigenvalue weighted by atomic mass is 16.5. The van der Waals surface area contributed by atoms with Gasteiger partial charge >= 0.3 is 0 Å². The van der Waals surface area contributed by atoms with Gasteiger partial charge in [-0.25, -0.2) is 0 Å². The van der Waals surface area contributed by atoms with Crippen LogP contribution in [0.15, 0.2) is 46.8 Å². The van der Waals surface area contributed by atoms with Gasteiger partial charge in [0.1, 0.15) is 5.76 Å². The van der Waals surface area contributed by atoms with E-state index in [0.29, 0.717) is 28.9 Å². The van der Waals surface area contributed by atoms with Gasteiger partial charge in [0.05, 0.1) is 5.60 Å². The molecule has 1 N–H and O–H groups in total. The standard InChI is InChI=1S/C20H24O4/c1-12-8-14-9-19(5,23)11-20(14)17(22)13(2)16(24-20)10-18(3,4)7-6-15(12)21/h6-9,23H,10-11H2,1-5H3/b7-6+,12-8-/t19-,20-/m1/s1. The van der Waals surface area contributed by atoms with Crippen LogP contribution in [0.5, 0.6) is 0 Å². The van der Waals surface area contributed by atoms with E-state index in [1.54, 1.807) is 39.0 Å². The van der Waals surface area contributed by atoms with Gasteiger partial charge in [-0.3, -0.25) is 9.59 Å². The van der Waals surface area contributed by atoms with Crippen molar-refractivity contribution >= 4 is 11.6 Å². The third-order valence-corrected chi connectivity index (χ3v) is 5.03. The summed E-state index contributed by atoms with van der Waals surface area (Å²) in [6.07, 6.45) is 7.48. The van der Waals surface area contributed by atoms with Crippen LogP contribution in [0.4, 0.5) is 0 Å². The SMILES string of the molecule is CC1=C2CC(C)(C)/C=C/C(=O)/C(C)=C\C3=C[C@@](C)(O)C[C@]3(O2)C1=O. The Balaban J connectivity index is 2.20. The Bertz CT molecular complexity index is 759. The van der Waals surface area contributed by atoms with E-state index in [2.05, 4.69) is 0 Å². The van der Waals surface area contributed by atoms with Crippen LogP contribution >= 0.6 is 0 Å². The van der Waals surface area contributed by atoms with Crippen molar-refractivity contribution in [1.82, 2.24) is 0 Å². The smallest absolute Gasteiger partial charge is 0.210 e. The summed E-state index contributed by atoms with van der Waals surface area (Å²) in [5, 5.41) is 10.5. The lowest BCUT2D eigenvalue weighted by atomic mass is 9.83. The van der Waals surface area contributed by atoms with Crippen molar-refractivity contribution in [3.05, 3.63) is 46.8 Å². The number of carbonyl (C=O) groups excluding carboxylic acids is 2. The monoisotopic (exact) mass is 328 g/mol. The Morgan fingerprint density at radius 3 is 2.50 bits per heavy atom. The topological polar surface area (TPSA) is 63.6 Å². The van der Waals surface area contributed by atoms with Gasteiger partial charge in [-0.15, -0.1) is 0 Å². The third-order valence-electron chi connectivity index (χ3n) is 5.03. The number of hydrogen-bond donors (Lipinski definition) is 1. The van der Waals surface area contributed by atoms with Gasteiger partial charge in [0, 0.05) is 24.0 Å². The second-order valence-corrected chi connectivity index (χ2v) is 8.13. The van der Waals surface area contributed by atoms with E-state index in [4.69, 9.17) is 4.74 Å². The largest absolute Gasteiger partial charge is 0.478 e. The van der Waals surface area contributed by atoms with E-state index in [1.165, 1.54) is 0 Å². The second-order valence-electron chi connectivity index (χ2n) is 8.13. The van der Waals surface area contributed by atoms with Crippen LogP contribution in [0, 0.1) is 5.41 Å². The molecule has 2 bridgehead atoms. The number of ketones is 2. The lowest BCUT2D eigenvalue weighted by Crippen LogP contribution is -2.40. The Morgan fingerprint density at radius 1 is 1.17 bits per heavy atom. The van der Waals surface area contributed by atoms with Crippen molar-refractivity contribution in [3.63, 3.8) is 0 Å². The molecule has 2 atom stereocenters. The zero-order valence-corrected chi connectivity index (χ0v) is 14.9. The highest BCUT2D eigenvalue weighted by Crippen LogP contribution is 2.50. The molecule has 3 aliphatic rings. The van der Waals surface area contributed by atoms with Crippen molar-refractivity contribution < 1.29 is 19.4 Å². The molecule has 0 aromatic rings. The van der Waals surface area contributed by atoms with Crippen molar-refractivity contribution in [3.8, 4) is 0 Å². The number of hydrogen-bond acceptors (Lipinski definition) is 4. The molecule has 0 fully saturated rings. The number of Topliss-reactive ketones (excluding diaryl/α,β-unsaturated/α-hetero) is 1. The Labute approximate surface area is 142 Å². The van der Waals surface area contributed by atoms with Crippen LogP contribution in [-0.2, 0) is 14.3 Å². The molecule has 0 saturated carbocycles. The maximum atomic E-state index is 13.0. The highest BCUT2D eigenvalue weighted by molar-refractivity contribution is 6.08. The summed E-state index contributed by atoms with van der Waals surface area (Å²) in [4.78, 5) is 25.4. The summed E-state index contributed by atoms with van der Waals surface area (Å²) < 4.78 is 6.20. The average Bonchev–Trinajstić information content (AvgIpc) is 2.83. The summed E-state index contributed by atoms with van der Waals surface area (Å²) in [6, 6.07) is 0. The first-order valence-corrected chi connectivity index (χ1v) is 8.27. The lowest BCUT2D eigenvalue weighted by molar-refractivity contribution is -0.129. The molecule has 0 aromatic carbocycles. The molecule has 0 amide bonds. The molecule has 2 heterocycles. The van der Waals surface area contributed by atoms with Gasteiger partial charge in [-0.05, 0) is 50.0 Å². The fourth-order valence-corrected chi connectivity index (χ4v) is 3.71. The zero-order chi connectivity index (χ0) is 17.9. The van der Waals surface area contributed by atoms with Crippen molar-refractivity contribution in [2.24, 2.45) is 5.41 Å². The van der Waals surface area contributed by atoms with Crippen LogP contribution in [-0.4, -0.2) is 27.9 Å². The predicted molar refractivity (Wildman–Crippen MR) is 91.1 cm³/mol. The van der Waals surface area contributed by atoms with Crippen molar-refractivity contribution in [2.45, 2.75) is 58.7 Å². The van der Waals surface area contributed by atoms with E-state index < -0.39 is 11.2 Å². The molecule has 4 heteroatoms. The molecule has 0 saturated heterocycles. The van der Waals surface area contributed by atoms with Crippen molar-refractivity contribution in [2.75, 3.05) is 0 Å². The Kier molecular flexibility index (Phi) is 3.54. The molecular formula is C20H24O4. The van der Waals surface area contributed by atoms with E-state index >= 15 is 0 Å². The fraction of sp³-hybridized carbons (Fsp3) is 0.500. The molecule has 0 radical (unpaired) electrons.